The van der Waals surface area contributed by atoms with E-state index < -0.39 is 18.0 Å². The van der Waals surface area contributed by atoms with Crippen LogP contribution < -0.4 is 16.0 Å². The van der Waals surface area contributed by atoms with Crippen molar-refractivity contribution in [3.8, 4) is 16.9 Å². The third-order valence-electron chi connectivity index (χ3n) is 7.18. The van der Waals surface area contributed by atoms with Crippen molar-refractivity contribution in [3.63, 3.8) is 0 Å². The molecule has 1 aliphatic rings. The lowest BCUT2D eigenvalue weighted by atomic mass is 10.0. The molecule has 1 unspecified atom stereocenters. The van der Waals surface area contributed by atoms with Crippen LogP contribution in [0.3, 0.4) is 0 Å². The monoisotopic (exact) mass is 657 g/mol. The molecule has 5 aromatic rings. The van der Waals surface area contributed by atoms with Crippen LogP contribution in [0, 0.1) is 0 Å². The molecular formula is C31H25Cl2N9O4. The van der Waals surface area contributed by atoms with Crippen molar-refractivity contribution >= 4 is 52.9 Å². The number of imidazole rings is 1. The van der Waals surface area contributed by atoms with Crippen LogP contribution in [0.4, 0.5) is 10.5 Å². The van der Waals surface area contributed by atoms with Gasteiger partial charge in [-0.3, -0.25) is 14.9 Å². The second kappa shape index (κ2) is 13.2. The number of methoxy groups -OCH3 is 1. The molecule has 232 valence electrons. The third kappa shape index (κ3) is 6.75. The molecule has 2 aromatic heterocycles. The number of benzene rings is 3. The predicted molar refractivity (Wildman–Crippen MR) is 170 cm³/mol. The summed E-state index contributed by atoms with van der Waals surface area (Å²) in [7, 11) is 1.27. The van der Waals surface area contributed by atoms with Gasteiger partial charge < -0.3 is 20.4 Å². The maximum atomic E-state index is 13.4. The average molecular weight is 659 g/mol. The van der Waals surface area contributed by atoms with Crippen LogP contribution in [0.15, 0.2) is 73.1 Å². The lowest BCUT2D eigenvalue weighted by Gasteiger charge is -2.16. The Morgan fingerprint density at radius 2 is 1.98 bits per heavy atom. The minimum absolute atomic E-state index is 0.120. The van der Waals surface area contributed by atoms with E-state index in [-0.39, 0.29) is 17.6 Å². The van der Waals surface area contributed by atoms with Crippen LogP contribution in [0.25, 0.3) is 23.0 Å². The van der Waals surface area contributed by atoms with Gasteiger partial charge in [0.1, 0.15) is 23.0 Å². The largest absolute Gasteiger partial charge is 0.453 e. The molecule has 3 aromatic carbocycles. The van der Waals surface area contributed by atoms with Gasteiger partial charge in [-0.25, -0.2) is 9.78 Å². The molecule has 0 spiro atoms. The number of anilines is 1. The number of fused-ring (bicyclic) bond motifs is 6. The first-order valence-corrected chi connectivity index (χ1v) is 14.7. The molecular weight excluding hydrogens is 633 g/mol. The lowest BCUT2D eigenvalue weighted by molar-refractivity contribution is -0.117. The number of aromatic amines is 1. The molecule has 6 rings (SSSR count). The fourth-order valence-electron chi connectivity index (χ4n) is 5.02. The zero-order valence-electron chi connectivity index (χ0n) is 24.1. The maximum Gasteiger partial charge on any atom is 0.411 e. The number of aromatic nitrogens is 6. The topological polar surface area (TPSA) is 169 Å². The summed E-state index contributed by atoms with van der Waals surface area (Å²) in [5.41, 5.74) is 4.60. The van der Waals surface area contributed by atoms with Crippen LogP contribution in [0.1, 0.15) is 38.9 Å². The quantitative estimate of drug-likeness (QED) is 0.194. The number of nitrogens with one attached hydrogen (secondary N) is 4. The Morgan fingerprint density at radius 3 is 2.78 bits per heavy atom. The van der Waals surface area contributed by atoms with Crippen molar-refractivity contribution in [2.75, 3.05) is 12.4 Å². The summed E-state index contributed by atoms with van der Waals surface area (Å²) in [4.78, 5) is 46.3. The van der Waals surface area contributed by atoms with Crippen LogP contribution in [0.2, 0.25) is 10.2 Å². The second-order valence-corrected chi connectivity index (χ2v) is 11.0. The van der Waals surface area contributed by atoms with E-state index in [1.807, 2.05) is 6.07 Å². The number of halogens is 2. The molecule has 4 bridgehead atoms. The van der Waals surface area contributed by atoms with Crippen LogP contribution >= 0.6 is 23.2 Å². The maximum absolute atomic E-state index is 13.4. The molecule has 15 heteroatoms. The molecule has 0 saturated carbocycles. The van der Waals surface area contributed by atoms with Gasteiger partial charge >= 0.3 is 6.09 Å². The number of amides is 3. The fourth-order valence-corrected chi connectivity index (χ4v) is 5.45. The number of rotatable bonds is 5. The Bertz CT molecular complexity index is 1970. The smallest absolute Gasteiger partial charge is 0.411 e. The van der Waals surface area contributed by atoms with Gasteiger partial charge in [0.25, 0.3) is 5.91 Å². The van der Waals surface area contributed by atoms with Crippen LogP contribution in [-0.2, 0) is 22.5 Å². The molecule has 46 heavy (non-hydrogen) atoms. The predicted octanol–water partition coefficient (Wildman–Crippen LogP) is 4.89. The zero-order chi connectivity index (χ0) is 32.2. The summed E-state index contributed by atoms with van der Waals surface area (Å²) in [5.74, 6) is -0.306. The minimum Gasteiger partial charge on any atom is -0.453 e. The zero-order valence-corrected chi connectivity index (χ0v) is 25.6. The Balaban J connectivity index is 1.36. The second-order valence-electron chi connectivity index (χ2n) is 10.2. The highest BCUT2D eigenvalue weighted by Gasteiger charge is 2.24. The first-order valence-electron chi connectivity index (χ1n) is 13.9. The van der Waals surface area contributed by atoms with Crippen molar-refractivity contribution in [3.05, 3.63) is 111 Å². The van der Waals surface area contributed by atoms with Gasteiger partial charge in [-0.05, 0) is 76.5 Å². The summed E-state index contributed by atoms with van der Waals surface area (Å²) in [6.07, 6.45) is 4.08. The van der Waals surface area contributed by atoms with Gasteiger partial charge in [0.15, 0.2) is 0 Å². The number of hydrogen-bond acceptors (Lipinski definition) is 8. The number of ether oxygens (including phenoxy) is 1. The van der Waals surface area contributed by atoms with E-state index in [1.165, 1.54) is 24.2 Å². The standard InChI is InChI=1S/C31H25Cl2N9O4/c1-46-31(45)36-22-7-8-23-20(14-22)15-34-30(44)19-4-2-3-17(11-19)12-24(29-38-27(23)28(33)39-29)37-26(43)10-5-18-13-21(32)6-9-25(18)42-16-35-40-41-42/h2-11,13-14,16,24H,12,15H2,1H3,(H,34,44)(H,36,45)(H,37,43)(H,38,39)/b10-5+. The van der Waals surface area contributed by atoms with Crippen molar-refractivity contribution in [1.82, 2.24) is 40.8 Å². The fraction of sp³-hybridized carbons (Fsp3) is 0.129. The van der Waals surface area contributed by atoms with Crippen LogP contribution in [0.5, 0.6) is 0 Å². The first-order chi connectivity index (χ1) is 22.3. The highest BCUT2D eigenvalue weighted by atomic mass is 35.5. The van der Waals surface area contributed by atoms with E-state index in [1.54, 1.807) is 60.7 Å². The van der Waals surface area contributed by atoms with E-state index in [0.29, 0.717) is 56.6 Å². The summed E-state index contributed by atoms with van der Waals surface area (Å²) in [5, 5.41) is 20.6. The van der Waals surface area contributed by atoms with Crippen molar-refractivity contribution in [1.29, 1.82) is 0 Å². The molecule has 4 N–H and O–H groups in total. The highest BCUT2D eigenvalue weighted by molar-refractivity contribution is 6.32. The number of carbonyl (C=O) groups excluding carboxylic acids is 3. The molecule has 13 nitrogen and oxygen atoms in total. The number of nitrogens with zero attached hydrogens (tertiary/aromatic N) is 5. The summed E-state index contributed by atoms with van der Waals surface area (Å²) >= 11 is 12.9. The minimum atomic E-state index is -0.662. The molecule has 0 saturated heterocycles. The van der Waals surface area contributed by atoms with Gasteiger partial charge in [-0.1, -0.05) is 41.4 Å². The Kier molecular flexibility index (Phi) is 8.76. The third-order valence-corrected chi connectivity index (χ3v) is 7.69. The molecule has 3 heterocycles. The summed E-state index contributed by atoms with van der Waals surface area (Å²) < 4.78 is 6.17. The molecule has 0 fully saturated rings. The van der Waals surface area contributed by atoms with Gasteiger partial charge in [0.2, 0.25) is 5.91 Å². The molecule has 3 amide bonds. The van der Waals surface area contributed by atoms with E-state index in [2.05, 4.69) is 36.5 Å². The van der Waals surface area contributed by atoms with Gasteiger partial charge in [0.05, 0.1) is 18.8 Å². The molecule has 1 aliphatic heterocycles. The van der Waals surface area contributed by atoms with Crippen LogP contribution in [-0.4, -0.2) is 55.2 Å². The van der Waals surface area contributed by atoms with E-state index in [9.17, 15) is 14.4 Å². The number of carbonyl (C=O) groups is 3. The van der Waals surface area contributed by atoms with E-state index in [0.717, 1.165) is 5.56 Å². The van der Waals surface area contributed by atoms with Crippen molar-refractivity contribution in [2.24, 2.45) is 0 Å². The SMILES string of the molecule is COC(=O)Nc1ccc2c(c1)CNC(=O)c1cccc(c1)CC(NC(=O)/C=C/c1cc(Cl)ccc1-n1cnnn1)c1nc-2c(Cl)[nH]1. The Labute approximate surface area is 272 Å². The number of H-pyrrole nitrogens is 1. The normalized spacial score (nSPS) is 14.3. The first kappa shape index (κ1) is 30.5. The summed E-state index contributed by atoms with van der Waals surface area (Å²) in [6, 6.07) is 16.7. The van der Waals surface area contributed by atoms with E-state index in [4.69, 9.17) is 32.9 Å². The summed E-state index contributed by atoms with van der Waals surface area (Å²) in [6.45, 7) is 0.120. The van der Waals surface area contributed by atoms with Crippen molar-refractivity contribution < 1.29 is 19.1 Å². The highest BCUT2D eigenvalue weighted by Crippen LogP contribution is 2.33. The van der Waals surface area contributed by atoms with Gasteiger partial charge in [0, 0.05) is 40.0 Å². The van der Waals surface area contributed by atoms with Gasteiger partial charge in [-0.2, -0.15) is 4.68 Å². The molecule has 1 atom stereocenters. The van der Waals surface area contributed by atoms with E-state index >= 15 is 0 Å². The lowest BCUT2D eigenvalue weighted by Crippen LogP contribution is -2.29. The van der Waals surface area contributed by atoms with Crippen molar-refractivity contribution in [2.45, 2.75) is 19.0 Å². The Morgan fingerprint density at radius 1 is 1.11 bits per heavy atom. The molecule has 0 aliphatic carbocycles. The Hall–Kier alpha value is -5.53. The average Bonchev–Trinajstić information content (AvgIpc) is 3.72. The van der Waals surface area contributed by atoms with Gasteiger partial charge in [-0.15, -0.1) is 5.10 Å². The number of tetrazole rings is 1. The number of hydrogen-bond donors (Lipinski definition) is 4. The molecule has 0 radical (unpaired) electrons.